The number of nitrogens with one attached hydrogen (secondary N) is 3. The molecule has 0 unspecified atom stereocenters. The summed E-state index contributed by atoms with van der Waals surface area (Å²) in [4.78, 5) is 44.4. The zero-order valence-corrected chi connectivity index (χ0v) is 12.5. The summed E-state index contributed by atoms with van der Waals surface area (Å²) >= 11 is 0. The van der Waals surface area contributed by atoms with Gasteiger partial charge in [0.25, 0.3) is 0 Å². The maximum atomic E-state index is 11.8. The summed E-state index contributed by atoms with van der Waals surface area (Å²) in [6.07, 6.45) is 2.55. The molecule has 3 amide bonds. The second kappa shape index (κ2) is 10.8. The van der Waals surface area contributed by atoms with Gasteiger partial charge in [0.05, 0.1) is 12.6 Å². The lowest BCUT2D eigenvalue weighted by molar-refractivity contribution is -0.129. The SMILES string of the molecule is CC(=O)NCCCC[C@@H](C=O)NC(=O)[C@H](C)NC(=O)CN. The first kappa shape index (κ1) is 19.0. The van der Waals surface area contributed by atoms with Crippen LogP contribution in [0.3, 0.4) is 0 Å². The van der Waals surface area contributed by atoms with Crippen LogP contribution in [0.2, 0.25) is 0 Å². The molecule has 120 valence electrons. The van der Waals surface area contributed by atoms with Gasteiger partial charge in [-0.15, -0.1) is 0 Å². The highest BCUT2D eigenvalue weighted by atomic mass is 16.2. The van der Waals surface area contributed by atoms with Gasteiger partial charge >= 0.3 is 0 Å². The summed E-state index contributed by atoms with van der Waals surface area (Å²) in [5.74, 6) is -0.967. The minimum absolute atomic E-state index is 0.0975. The van der Waals surface area contributed by atoms with Gasteiger partial charge in [-0.2, -0.15) is 0 Å². The van der Waals surface area contributed by atoms with Crippen molar-refractivity contribution in [3.05, 3.63) is 0 Å². The van der Waals surface area contributed by atoms with Gasteiger partial charge in [-0.1, -0.05) is 0 Å². The van der Waals surface area contributed by atoms with Crippen molar-refractivity contribution in [1.29, 1.82) is 0 Å². The fourth-order valence-corrected chi connectivity index (χ4v) is 1.60. The second-order valence-electron chi connectivity index (χ2n) is 4.72. The molecule has 0 aliphatic heterocycles. The highest BCUT2D eigenvalue weighted by Crippen LogP contribution is 1.99. The van der Waals surface area contributed by atoms with Gasteiger partial charge in [-0.05, 0) is 26.2 Å². The number of carbonyl (C=O) groups excluding carboxylic acids is 4. The lowest BCUT2D eigenvalue weighted by Crippen LogP contribution is -2.49. The third kappa shape index (κ3) is 9.55. The van der Waals surface area contributed by atoms with E-state index in [1.165, 1.54) is 13.8 Å². The van der Waals surface area contributed by atoms with Gasteiger partial charge in [0.2, 0.25) is 17.7 Å². The van der Waals surface area contributed by atoms with Gasteiger partial charge < -0.3 is 26.5 Å². The van der Waals surface area contributed by atoms with Crippen LogP contribution in [-0.4, -0.2) is 49.2 Å². The predicted octanol–water partition coefficient (Wildman–Crippen LogP) is -1.56. The largest absolute Gasteiger partial charge is 0.356 e. The maximum absolute atomic E-state index is 11.8. The summed E-state index contributed by atoms with van der Waals surface area (Å²) in [5.41, 5.74) is 5.13. The smallest absolute Gasteiger partial charge is 0.242 e. The Bertz CT molecular complexity index is 373. The van der Waals surface area contributed by atoms with Crippen molar-refractivity contribution in [1.82, 2.24) is 16.0 Å². The molecule has 2 atom stereocenters. The Hall–Kier alpha value is -1.96. The fraction of sp³-hybridized carbons (Fsp3) is 0.692. The minimum Gasteiger partial charge on any atom is -0.356 e. The summed E-state index contributed by atoms with van der Waals surface area (Å²) in [7, 11) is 0. The summed E-state index contributed by atoms with van der Waals surface area (Å²) in [5, 5.41) is 7.60. The van der Waals surface area contributed by atoms with E-state index >= 15 is 0 Å². The molecule has 0 radical (unpaired) electrons. The molecule has 0 aromatic rings. The zero-order chi connectivity index (χ0) is 16.3. The first-order valence-corrected chi connectivity index (χ1v) is 6.90. The predicted molar refractivity (Wildman–Crippen MR) is 77.2 cm³/mol. The molecule has 0 saturated carbocycles. The third-order valence-corrected chi connectivity index (χ3v) is 2.76. The number of unbranched alkanes of at least 4 members (excludes halogenated alkanes) is 1. The lowest BCUT2D eigenvalue weighted by atomic mass is 10.1. The third-order valence-electron chi connectivity index (χ3n) is 2.76. The minimum atomic E-state index is -0.747. The van der Waals surface area contributed by atoms with E-state index < -0.39 is 23.9 Å². The number of aldehydes is 1. The maximum Gasteiger partial charge on any atom is 0.242 e. The van der Waals surface area contributed by atoms with Crippen molar-refractivity contribution in [2.24, 2.45) is 5.73 Å². The number of amides is 3. The van der Waals surface area contributed by atoms with Gasteiger partial charge in [0.1, 0.15) is 12.3 Å². The normalized spacial score (nSPS) is 12.9. The van der Waals surface area contributed by atoms with E-state index in [4.69, 9.17) is 5.73 Å². The van der Waals surface area contributed by atoms with E-state index in [1.807, 2.05) is 0 Å². The summed E-state index contributed by atoms with van der Waals surface area (Å²) in [6, 6.07) is -1.35. The Kier molecular flexibility index (Phi) is 9.78. The van der Waals surface area contributed by atoms with Crippen LogP contribution in [0.4, 0.5) is 0 Å². The average molecular weight is 300 g/mol. The zero-order valence-electron chi connectivity index (χ0n) is 12.5. The van der Waals surface area contributed by atoms with Gasteiger partial charge in [0.15, 0.2) is 0 Å². The molecule has 0 aliphatic carbocycles. The first-order valence-electron chi connectivity index (χ1n) is 6.90. The first-order chi connectivity index (χ1) is 9.90. The number of hydrogen-bond donors (Lipinski definition) is 4. The van der Waals surface area contributed by atoms with Gasteiger partial charge in [0, 0.05) is 13.5 Å². The molecular formula is C13H24N4O4. The molecule has 8 heteroatoms. The molecule has 0 aliphatic rings. The molecule has 0 saturated heterocycles. The van der Waals surface area contributed by atoms with Crippen molar-refractivity contribution < 1.29 is 19.2 Å². The van der Waals surface area contributed by atoms with E-state index in [0.29, 0.717) is 25.7 Å². The van der Waals surface area contributed by atoms with E-state index in [9.17, 15) is 19.2 Å². The van der Waals surface area contributed by atoms with E-state index in [2.05, 4.69) is 16.0 Å². The lowest BCUT2D eigenvalue weighted by Gasteiger charge is -2.17. The molecule has 21 heavy (non-hydrogen) atoms. The standard InChI is InChI=1S/C13H24N4O4/c1-9(16-12(20)7-14)13(21)17-11(8-18)5-3-4-6-15-10(2)19/h8-9,11H,3-7,14H2,1-2H3,(H,15,19)(H,16,20)(H,17,21)/t9-,11-/m0/s1. The molecule has 0 heterocycles. The van der Waals surface area contributed by atoms with Gasteiger partial charge in [-0.3, -0.25) is 14.4 Å². The number of rotatable bonds is 10. The highest BCUT2D eigenvalue weighted by Gasteiger charge is 2.18. The van der Waals surface area contributed by atoms with Crippen LogP contribution in [0, 0.1) is 0 Å². The van der Waals surface area contributed by atoms with E-state index in [1.54, 1.807) is 0 Å². The van der Waals surface area contributed by atoms with Crippen LogP contribution in [0.5, 0.6) is 0 Å². The van der Waals surface area contributed by atoms with Crippen molar-refractivity contribution in [2.75, 3.05) is 13.1 Å². The molecular weight excluding hydrogens is 276 g/mol. The number of hydrogen-bond acceptors (Lipinski definition) is 5. The van der Waals surface area contributed by atoms with Crippen LogP contribution in [0.15, 0.2) is 0 Å². The number of carbonyl (C=O) groups is 4. The van der Waals surface area contributed by atoms with Crippen LogP contribution in [0.1, 0.15) is 33.1 Å². The molecule has 0 aromatic heterocycles. The van der Waals surface area contributed by atoms with E-state index in [-0.39, 0.29) is 12.5 Å². The number of nitrogens with two attached hydrogens (primary N) is 1. The summed E-state index contributed by atoms with van der Waals surface area (Å²) in [6.45, 7) is 3.29. The van der Waals surface area contributed by atoms with Crippen LogP contribution in [-0.2, 0) is 19.2 Å². The average Bonchev–Trinajstić information content (AvgIpc) is 2.44. The molecule has 0 spiro atoms. The van der Waals surface area contributed by atoms with Crippen LogP contribution < -0.4 is 21.7 Å². The fourth-order valence-electron chi connectivity index (χ4n) is 1.60. The molecule has 0 aromatic carbocycles. The monoisotopic (exact) mass is 300 g/mol. The van der Waals surface area contributed by atoms with Crippen LogP contribution >= 0.6 is 0 Å². The second-order valence-corrected chi connectivity index (χ2v) is 4.72. The molecule has 8 nitrogen and oxygen atoms in total. The Morgan fingerprint density at radius 1 is 1.19 bits per heavy atom. The molecule has 5 N–H and O–H groups in total. The Labute approximate surface area is 124 Å². The Balaban J connectivity index is 4.01. The quantitative estimate of drug-likeness (QED) is 0.286. The molecule has 0 fully saturated rings. The topological polar surface area (TPSA) is 130 Å². The van der Waals surface area contributed by atoms with Crippen LogP contribution in [0.25, 0.3) is 0 Å². The summed E-state index contributed by atoms with van der Waals surface area (Å²) < 4.78 is 0. The Morgan fingerprint density at radius 3 is 2.38 bits per heavy atom. The van der Waals surface area contributed by atoms with Crippen molar-refractivity contribution in [3.8, 4) is 0 Å². The molecule has 0 rings (SSSR count). The Morgan fingerprint density at radius 2 is 1.86 bits per heavy atom. The highest BCUT2D eigenvalue weighted by molar-refractivity contribution is 5.89. The van der Waals surface area contributed by atoms with Gasteiger partial charge in [-0.25, -0.2) is 0 Å². The molecule has 0 bridgehead atoms. The van der Waals surface area contributed by atoms with Crippen molar-refractivity contribution in [3.63, 3.8) is 0 Å². The van der Waals surface area contributed by atoms with Crippen molar-refractivity contribution in [2.45, 2.75) is 45.2 Å². The van der Waals surface area contributed by atoms with Crippen molar-refractivity contribution >= 4 is 24.0 Å². The van der Waals surface area contributed by atoms with E-state index in [0.717, 1.165) is 6.42 Å².